The molecule has 2 aromatic rings. The number of nitrogens with zero attached hydrogens (tertiary/aromatic N) is 1. The van der Waals surface area contributed by atoms with Crippen LogP contribution in [-0.2, 0) is 23.6 Å². The molecule has 0 saturated carbocycles. The number of unbranched alkanes of at least 4 members (excludes halogenated alkanes) is 2. The Hall–Kier alpha value is -0.821. The molecule has 0 fully saturated rings. The van der Waals surface area contributed by atoms with Crippen molar-refractivity contribution in [2.24, 2.45) is 0 Å². The Morgan fingerprint density at radius 1 is 0.857 bits per heavy atom. The largest absolute Gasteiger partial charge is 2.00 e. The summed E-state index contributed by atoms with van der Waals surface area (Å²) in [5.41, 5.74) is 1.46. The van der Waals surface area contributed by atoms with Crippen molar-refractivity contribution < 1.29 is 17.1 Å². The van der Waals surface area contributed by atoms with Crippen LogP contribution in [0, 0.1) is 0 Å². The summed E-state index contributed by atoms with van der Waals surface area (Å²) in [5, 5.41) is 0. The van der Waals surface area contributed by atoms with Crippen molar-refractivity contribution in [1.29, 1.82) is 0 Å². The molecule has 0 aliphatic heterocycles. The number of rotatable bonds is 8. The van der Waals surface area contributed by atoms with E-state index >= 15 is 0 Å². The zero-order chi connectivity index (χ0) is 14.5. The van der Waals surface area contributed by atoms with Crippen molar-refractivity contribution in [3.05, 3.63) is 60.2 Å². The monoisotopic (exact) mass is 327 g/mol. The minimum Gasteiger partial charge on any atom is -0.310 e. The van der Waals surface area contributed by atoms with Crippen LogP contribution in [0.2, 0.25) is 0 Å². The van der Waals surface area contributed by atoms with Crippen LogP contribution in [0.5, 0.6) is 0 Å². The molecule has 0 aromatic heterocycles. The Kier molecular flexibility index (Phi) is 13.6. The van der Waals surface area contributed by atoms with E-state index in [1.54, 1.807) is 0 Å². The summed E-state index contributed by atoms with van der Waals surface area (Å²) in [4.78, 5) is 2.59. The third-order valence-electron chi connectivity index (χ3n) is 3.35. The summed E-state index contributed by atoms with van der Waals surface area (Å²) < 4.78 is 0. The Morgan fingerprint density at radius 3 is 1.76 bits per heavy atom. The molecule has 0 amide bonds. The van der Waals surface area contributed by atoms with Gasteiger partial charge < -0.3 is 4.90 Å². The molecule has 0 saturated heterocycles. The average Bonchev–Trinajstić information content (AvgIpc) is 3.17. The van der Waals surface area contributed by atoms with E-state index in [0.29, 0.717) is 0 Å². The molecule has 2 aromatic carbocycles. The van der Waals surface area contributed by atoms with E-state index in [1.807, 2.05) is 30.3 Å². The summed E-state index contributed by atoms with van der Waals surface area (Å²) in [7, 11) is 0. The Labute approximate surface area is 141 Å². The molecule has 118 valence electrons. The van der Waals surface area contributed by atoms with Crippen LogP contribution in [0.15, 0.2) is 54.6 Å². The van der Waals surface area contributed by atoms with Crippen LogP contribution in [-0.4, -0.2) is 18.0 Å². The first-order valence-corrected chi connectivity index (χ1v) is 7.96. The summed E-state index contributed by atoms with van der Waals surface area (Å²) in [6, 6.07) is 18.7. The molecule has 0 radical (unpaired) electrons. The van der Waals surface area contributed by atoms with Crippen molar-refractivity contribution in [2.45, 2.75) is 46.1 Å². The Bertz CT molecular complexity index is 352. The molecule has 21 heavy (non-hydrogen) atoms. The normalized spacial score (nSPS) is 9.86. The molecular weight excluding hydrogens is 298 g/mol. The molecule has 0 N–H and O–H groups in total. The van der Waals surface area contributed by atoms with Gasteiger partial charge in [-0.2, -0.15) is 30.3 Å². The molecule has 0 bridgehead atoms. The van der Waals surface area contributed by atoms with Crippen molar-refractivity contribution in [1.82, 2.24) is 4.90 Å². The maximum atomic E-state index is 2.59. The molecule has 0 heterocycles. The van der Waals surface area contributed by atoms with E-state index in [9.17, 15) is 0 Å². The molecule has 1 nitrogen and oxygen atoms in total. The Morgan fingerprint density at radius 2 is 1.38 bits per heavy atom. The minimum absolute atomic E-state index is 0. The van der Waals surface area contributed by atoms with Gasteiger partial charge in [0.1, 0.15) is 0 Å². The topological polar surface area (TPSA) is 3.24 Å². The van der Waals surface area contributed by atoms with Crippen LogP contribution in [0.25, 0.3) is 0 Å². The fourth-order valence-electron chi connectivity index (χ4n) is 2.13. The van der Waals surface area contributed by atoms with Gasteiger partial charge in [-0.3, -0.25) is 0 Å². The van der Waals surface area contributed by atoms with Crippen molar-refractivity contribution in [3.8, 4) is 0 Å². The second kappa shape index (κ2) is 14.1. The first-order chi connectivity index (χ1) is 9.86. The summed E-state index contributed by atoms with van der Waals surface area (Å²) >= 11 is 0. The second-order valence-corrected chi connectivity index (χ2v) is 5.24. The van der Waals surface area contributed by atoms with E-state index < -0.39 is 0 Å². The maximum Gasteiger partial charge on any atom is 2.00 e. The molecule has 0 atom stereocenters. The van der Waals surface area contributed by atoms with Crippen LogP contribution in [0.4, 0.5) is 0 Å². The molecule has 0 aliphatic carbocycles. The molecule has 0 aliphatic rings. The number of hydrogen-bond acceptors (Lipinski definition) is 1. The SMILES string of the molecule is CCCCN(CCCC)C[c-]1cccc1.[Fe+2].c1cc[cH-]c1. The van der Waals surface area contributed by atoms with Crippen LogP contribution >= 0.6 is 0 Å². The van der Waals surface area contributed by atoms with Crippen molar-refractivity contribution in [3.63, 3.8) is 0 Å². The second-order valence-electron chi connectivity index (χ2n) is 5.24. The van der Waals surface area contributed by atoms with Crippen LogP contribution in [0.1, 0.15) is 45.1 Å². The van der Waals surface area contributed by atoms with Gasteiger partial charge in [0.15, 0.2) is 0 Å². The standard InChI is InChI=1S/C14H24N.C5H5.Fe/c1-3-5-11-15(12-6-4-2)13-14-9-7-8-10-14;1-2-4-5-3-1;/h7-10H,3-6,11-13H2,1-2H3;1-5H;/q2*-1;+2. The molecule has 0 spiro atoms. The van der Waals surface area contributed by atoms with E-state index in [2.05, 4.69) is 43.0 Å². The Balaban J connectivity index is 0.000000562. The van der Waals surface area contributed by atoms with Crippen molar-refractivity contribution >= 4 is 0 Å². The quantitative estimate of drug-likeness (QED) is 0.475. The zero-order valence-corrected chi connectivity index (χ0v) is 14.6. The van der Waals surface area contributed by atoms with Gasteiger partial charge in [0.25, 0.3) is 0 Å². The van der Waals surface area contributed by atoms with Gasteiger partial charge in [-0.25, -0.2) is 24.3 Å². The first kappa shape index (κ1) is 20.2. The van der Waals surface area contributed by atoms with E-state index in [4.69, 9.17) is 0 Å². The minimum atomic E-state index is 0. The van der Waals surface area contributed by atoms with Crippen LogP contribution < -0.4 is 0 Å². The number of hydrogen-bond donors (Lipinski definition) is 0. The fourth-order valence-corrected chi connectivity index (χ4v) is 2.13. The zero-order valence-electron chi connectivity index (χ0n) is 13.4. The van der Waals surface area contributed by atoms with Gasteiger partial charge in [-0.05, 0) is 32.5 Å². The molecule has 2 rings (SSSR count). The van der Waals surface area contributed by atoms with Crippen LogP contribution in [0.3, 0.4) is 0 Å². The van der Waals surface area contributed by atoms with Gasteiger partial charge in [0.05, 0.1) is 0 Å². The van der Waals surface area contributed by atoms with E-state index in [0.717, 1.165) is 6.54 Å². The van der Waals surface area contributed by atoms with Gasteiger partial charge >= 0.3 is 17.1 Å². The third-order valence-corrected chi connectivity index (χ3v) is 3.35. The molecular formula is C19H29FeN. The molecule has 0 unspecified atom stereocenters. The van der Waals surface area contributed by atoms with E-state index in [1.165, 1.54) is 44.3 Å². The average molecular weight is 327 g/mol. The first-order valence-electron chi connectivity index (χ1n) is 7.96. The van der Waals surface area contributed by atoms with Gasteiger partial charge in [-0.15, -0.1) is 5.56 Å². The predicted molar refractivity (Wildman–Crippen MR) is 89.2 cm³/mol. The van der Waals surface area contributed by atoms with Gasteiger partial charge in [0, 0.05) is 0 Å². The van der Waals surface area contributed by atoms with E-state index in [-0.39, 0.29) is 17.1 Å². The third kappa shape index (κ3) is 10.5. The predicted octanol–water partition coefficient (Wildman–Crippen LogP) is 5.21. The van der Waals surface area contributed by atoms with Gasteiger partial charge in [0.2, 0.25) is 0 Å². The van der Waals surface area contributed by atoms with Gasteiger partial charge in [-0.1, -0.05) is 26.7 Å². The summed E-state index contributed by atoms with van der Waals surface area (Å²) in [6.45, 7) is 8.16. The summed E-state index contributed by atoms with van der Waals surface area (Å²) in [5.74, 6) is 0. The maximum absolute atomic E-state index is 2.59. The smallest absolute Gasteiger partial charge is 0.310 e. The van der Waals surface area contributed by atoms with Crippen molar-refractivity contribution in [2.75, 3.05) is 13.1 Å². The summed E-state index contributed by atoms with van der Waals surface area (Å²) in [6.07, 6.45) is 5.24. The fraction of sp³-hybridized carbons (Fsp3) is 0.474. The molecule has 2 heteroatoms.